The summed E-state index contributed by atoms with van der Waals surface area (Å²) in [5, 5.41) is 0. The normalized spacial score (nSPS) is 18.2. The topological polar surface area (TPSA) is 12.5 Å². The quantitative estimate of drug-likeness (QED) is 0.424. The molecule has 78 valence electrons. The van der Waals surface area contributed by atoms with Crippen LogP contribution < -0.4 is 51.4 Å². The van der Waals surface area contributed by atoms with Crippen molar-refractivity contribution in [2.24, 2.45) is 0 Å². The van der Waals surface area contributed by atoms with E-state index in [1.54, 1.807) is 0 Å². The zero-order valence-corrected chi connectivity index (χ0v) is 11.6. The van der Waals surface area contributed by atoms with Gasteiger partial charge in [-0.25, -0.2) is 0 Å². The second kappa shape index (κ2) is 7.65. The number of nitrogens with zero attached hydrogens (tertiary/aromatic N) is 1. The standard InChI is InChI=1S/C7H14BF3NO.K/c9-8(10,11)7-13-6-5-12-3-1-2-4-12;/h1-7H2;/q-1;+1. The van der Waals surface area contributed by atoms with Crippen molar-refractivity contribution in [3.63, 3.8) is 0 Å². The third-order valence-electron chi connectivity index (χ3n) is 2.06. The molecule has 2 nitrogen and oxygen atoms in total. The number of rotatable bonds is 5. The Hall–Kier alpha value is 1.41. The van der Waals surface area contributed by atoms with Crippen LogP contribution in [0.1, 0.15) is 12.8 Å². The molecule has 0 spiro atoms. The third kappa shape index (κ3) is 7.67. The molecule has 1 fully saturated rings. The molecule has 0 radical (unpaired) electrons. The van der Waals surface area contributed by atoms with Gasteiger partial charge < -0.3 is 22.6 Å². The summed E-state index contributed by atoms with van der Waals surface area (Å²) < 4.78 is 39.6. The molecule has 1 heterocycles. The van der Waals surface area contributed by atoms with Gasteiger partial charge in [0, 0.05) is 13.1 Å². The average Bonchev–Trinajstić information content (AvgIpc) is 2.48. The Labute approximate surface area is 125 Å². The van der Waals surface area contributed by atoms with E-state index in [1.165, 1.54) is 0 Å². The summed E-state index contributed by atoms with van der Waals surface area (Å²) in [6.07, 6.45) is 2.31. The molecule has 0 unspecified atom stereocenters. The fraction of sp³-hybridized carbons (Fsp3) is 1.00. The van der Waals surface area contributed by atoms with Gasteiger partial charge in [0.15, 0.2) is 0 Å². The maximum atomic E-state index is 11.7. The number of hydrogen-bond donors (Lipinski definition) is 0. The van der Waals surface area contributed by atoms with E-state index in [1.807, 2.05) is 0 Å². The summed E-state index contributed by atoms with van der Waals surface area (Å²) in [6, 6.07) is 0. The first-order chi connectivity index (χ1) is 6.08. The second-order valence-corrected chi connectivity index (χ2v) is 3.33. The molecule has 0 amide bonds. The smallest absolute Gasteiger partial charge is 0.447 e. The monoisotopic (exact) mass is 235 g/mol. The molecule has 0 aromatic carbocycles. The van der Waals surface area contributed by atoms with Crippen LogP contribution in [0.15, 0.2) is 0 Å². The molecule has 7 heteroatoms. The third-order valence-corrected chi connectivity index (χ3v) is 2.06. The van der Waals surface area contributed by atoms with Crippen molar-refractivity contribution in [3.8, 4) is 0 Å². The largest absolute Gasteiger partial charge is 1.00 e. The van der Waals surface area contributed by atoms with E-state index in [0.29, 0.717) is 6.54 Å². The molecule has 0 saturated carbocycles. The van der Waals surface area contributed by atoms with Crippen LogP contribution in [-0.4, -0.2) is 44.6 Å². The summed E-state index contributed by atoms with van der Waals surface area (Å²) in [5.41, 5.74) is 0. The molecule has 0 aromatic heterocycles. The van der Waals surface area contributed by atoms with E-state index in [2.05, 4.69) is 9.64 Å². The van der Waals surface area contributed by atoms with Crippen LogP contribution in [0.4, 0.5) is 12.9 Å². The Balaban J connectivity index is 0.00000169. The Bertz CT molecular complexity index is 152. The summed E-state index contributed by atoms with van der Waals surface area (Å²) in [4.78, 5) is 2.13. The minimum atomic E-state index is -4.77. The minimum absolute atomic E-state index is 0. The summed E-state index contributed by atoms with van der Waals surface area (Å²) in [6.45, 7) is -3.00. The molecule has 1 aliphatic heterocycles. The minimum Gasteiger partial charge on any atom is -0.447 e. The van der Waals surface area contributed by atoms with E-state index in [0.717, 1.165) is 25.9 Å². The molecule has 14 heavy (non-hydrogen) atoms. The molecular weight excluding hydrogens is 221 g/mol. The van der Waals surface area contributed by atoms with Crippen molar-refractivity contribution in [1.29, 1.82) is 0 Å². The number of likely N-dealkylation sites (tertiary alicyclic amines) is 1. The fourth-order valence-corrected chi connectivity index (χ4v) is 1.42. The molecule has 0 bridgehead atoms. The van der Waals surface area contributed by atoms with Crippen molar-refractivity contribution in [1.82, 2.24) is 4.90 Å². The molecule has 1 saturated heterocycles. The maximum Gasteiger partial charge on any atom is 1.00 e. The predicted octanol–water partition coefficient (Wildman–Crippen LogP) is -1.51. The molecule has 0 aliphatic carbocycles. The predicted molar refractivity (Wildman–Crippen MR) is 45.6 cm³/mol. The van der Waals surface area contributed by atoms with Crippen molar-refractivity contribution in [2.45, 2.75) is 12.8 Å². The van der Waals surface area contributed by atoms with Gasteiger partial charge in [-0.1, -0.05) is 0 Å². The zero-order valence-electron chi connectivity index (χ0n) is 8.52. The zero-order chi connectivity index (χ0) is 9.73. The molecule has 0 N–H and O–H groups in total. The van der Waals surface area contributed by atoms with E-state index in [4.69, 9.17) is 0 Å². The Morgan fingerprint density at radius 3 is 2.21 bits per heavy atom. The van der Waals surface area contributed by atoms with Gasteiger partial charge >= 0.3 is 58.4 Å². The molecular formula is C7H14BF3KNO. The van der Waals surface area contributed by atoms with E-state index >= 15 is 0 Å². The molecule has 1 aliphatic rings. The molecule has 1 rings (SSSR count). The molecule has 0 aromatic rings. The SMILES string of the molecule is F[B-](F)(F)COCCN1CCCC1.[K+]. The average molecular weight is 235 g/mol. The van der Waals surface area contributed by atoms with E-state index in [9.17, 15) is 12.9 Å². The van der Waals surface area contributed by atoms with Gasteiger partial charge in [-0.3, -0.25) is 0 Å². The van der Waals surface area contributed by atoms with Crippen molar-refractivity contribution in [3.05, 3.63) is 0 Å². The fourth-order valence-electron chi connectivity index (χ4n) is 1.42. The maximum absolute atomic E-state index is 11.7. The van der Waals surface area contributed by atoms with Gasteiger partial charge in [-0.05, 0) is 25.9 Å². The number of ether oxygens (including phenoxy) is 1. The summed E-state index contributed by atoms with van der Waals surface area (Å²) >= 11 is 0. The first kappa shape index (κ1) is 15.4. The first-order valence-electron chi connectivity index (χ1n) is 4.59. The van der Waals surface area contributed by atoms with Gasteiger partial charge in [-0.2, -0.15) is 0 Å². The van der Waals surface area contributed by atoms with Crippen LogP contribution in [0, 0.1) is 0 Å². The van der Waals surface area contributed by atoms with E-state index in [-0.39, 0.29) is 58.0 Å². The van der Waals surface area contributed by atoms with Crippen LogP contribution >= 0.6 is 0 Å². The summed E-state index contributed by atoms with van der Waals surface area (Å²) in [7, 11) is 0. The van der Waals surface area contributed by atoms with Crippen LogP contribution in [0.2, 0.25) is 0 Å². The van der Waals surface area contributed by atoms with Gasteiger partial charge in [0.1, 0.15) is 0 Å². The van der Waals surface area contributed by atoms with Crippen LogP contribution in [0.5, 0.6) is 0 Å². The van der Waals surface area contributed by atoms with Gasteiger partial charge in [0.2, 0.25) is 0 Å². The van der Waals surface area contributed by atoms with Crippen molar-refractivity contribution in [2.75, 3.05) is 32.7 Å². The first-order valence-corrected chi connectivity index (χ1v) is 4.59. The Morgan fingerprint density at radius 1 is 1.14 bits per heavy atom. The Morgan fingerprint density at radius 2 is 1.71 bits per heavy atom. The van der Waals surface area contributed by atoms with Crippen LogP contribution in [-0.2, 0) is 4.74 Å². The van der Waals surface area contributed by atoms with Gasteiger partial charge in [0.25, 0.3) is 0 Å². The number of hydrogen-bond acceptors (Lipinski definition) is 2. The van der Waals surface area contributed by atoms with Gasteiger partial charge in [-0.15, -0.1) is 0 Å². The van der Waals surface area contributed by atoms with Crippen LogP contribution in [0.3, 0.4) is 0 Å². The molecule has 0 atom stereocenters. The van der Waals surface area contributed by atoms with Crippen LogP contribution in [0.25, 0.3) is 0 Å². The summed E-state index contributed by atoms with van der Waals surface area (Å²) in [5.74, 6) is 0. The van der Waals surface area contributed by atoms with Gasteiger partial charge in [0.05, 0.1) is 6.61 Å². The Kier molecular flexibility index (Phi) is 8.42. The van der Waals surface area contributed by atoms with Crippen molar-refractivity contribution >= 4 is 6.98 Å². The number of halogens is 3. The van der Waals surface area contributed by atoms with E-state index < -0.39 is 13.5 Å². The van der Waals surface area contributed by atoms with Crippen molar-refractivity contribution < 1.29 is 69.1 Å². The second-order valence-electron chi connectivity index (χ2n) is 3.33.